The second-order valence-corrected chi connectivity index (χ2v) is 7.22. The first kappa shape index (κ1) is 17.5. The molecule has 0 aliphatic carbocycles. The molecule has 2 fully saturated rings. The molecule has 0 radical (unpaired) electrons. The zero-order valence-corrected chi connectivity index (χ0v) is 14.9. The van der Waals surface area contributed by atoms with Gasteiger partial charge in [0.25, 0.3) is 0 Å². The van der Waals surface area contributed by atoms with Crippen LogP contribution in [0.4, 0.5) is 0 Å². The third-order valence-electron chi connectivity index (χ3n) is 4.76. The van der Waals surface area contributed by atoms with E-state index in [2.05, 4.69) is 29.2 Å². The molecular formula is C16H27IO4. The van der Waals surface area contributed by atoms with E-state index in [-0.39, 0.29) is 42.2 Å². The highest BCUT2D eigenvalue weighted by Gasteiger charge is 2.52. The van der Waals surface area contributed by atoms with E-state index in [1.54, 1.807) is 0 Å². The lowest BCUT2D eigenvalue weighted by molar-refractivity contribution is -0.156. The lowest BCUT2D eigenvalue weighted by atomic mass is 9.86. The summed E-state index contributed by atoms with van der Waals surface area (Å²) in [7, 11) is 0. The number of ether oxygens (including phenoxy) is 2. The quantitative estimate of drug-likeness (QED) is 0.384. The molecule has 2 rings (SSSR count). The first-order valence-corrected chi connectivity index (χ1v) is 9.41. The van der Waals surface area contributed by atoms with Crippen LogP contribution in [0.15, 0.2) is 12.3 Å². The van der Waals surface area contributed by atoms with Gasteiger partial charge in [-0.2, -0.15) is 0 Å². The number of rotatable bonds is 7. The Morgan fingerprint density at radius 1 is 1.43 bits per heavy atom. The third kappa shape index (κ3) is 4.12. The number of hydrogen-bond donors (Lipinski definition) is 2. The van der Waals surface area contributed by atoms with Gasteiger partial charge in [-0.25, -0.2) is 0 Å². The number of aliphatic hydroxyl groups excluding tert-OH is 2. The highest BCUT2D eigenvalue weighted by Crippen LogP contribution is 2.45. The Morgan fingerprint density at radius 3 is 2.81 bits per heavy atom. The number of fused-ring (bicyclic) bond motifs is 1. The minimum absolute atomic E-state index is 0.0744. The highest BCUT2D eigenvalue weighted by molar-refractivity contribution is 14.1. The molecule has 0 aromatic carbocycles. The first-order chi connectivity index (χ1) is 10.0. The van der Waals surface area contributed by atoms with Gasteiger partial charge in [0.15, 0.2) is 0 Å². The Hall–Kier alpha value is 0.150. The fraction of sp³-hybridized carbons (Fsp3) is 0.875. The van der Waals surface area contributed by atoms with Crippen LogP contribution < -0.4 is 0 Å². The molecule has 0 aromatic rings. The van der Waals surface area contributed by atoms with Crippen LogP contribution in [0.3, 0.4) is 0 Å². The van der Waals surface area contributed by atoms with E-state index in [0.717, 1.165) is 43.0 Å². The SMILES string of the molecule is C=C(O)[C@H](C)CC1CC[C@@H]2OC(CCCO)C[C@]2(CI)O1. The van der Waals surface area contributed by atoms with Gasteiger partial charge in [0.05, 0.1) is 24.1 Å². The minimum atomic E-state index is -0.180. The topological polar surface area (TPSA) is 58.9 Å². The van der Waals surface area contributed by atoms with Crippen molar-refractivity contribution in [3.8, 4) is 0 Å². The summed E-state index contributed by atoms with van der Waals surface area (Å²) in [4.78, 5) is 0. The van der Waals surface area contributed by atoms with Crippen molar-refractivity contribution < 1.29 is 19.7 Å². The van der Waals surface area contributed by atoms with E-state index in [1.165, 1.54) is 0 Å². The normalized spacial score (nSPS) is 37.2. The smallest absolute Gasteiger partial charge is 0.106 e. The van der Waals surface area contributed by atoms with Crippen molar-refractivity contribution in [3.63, 3.8) is 0 Å². The summed E-state index contributed by atoms with van der Waals surface area (Å²) in [5.41, 5.74) is -0.180. The highest BCUT2D eigenvalue weighted by atomic mass is 127. The largest absolute Gasteiger partial charge is 0.513 e. The van der Waals surface area contributed by atoms with Crippen molar-refractivity contribution in [1.29, 1.82) is 0 Å². The molecule has 2 unspecified atom stereocenters. The molecule has 0 bridgehead atoms. The molecule has 2 aliphatic rings. The maximum absolute atomic E-state index is 9.50. The predicted octanol–water partition coefficient (Wildman–Crippen LogP) is 3.37. The summed E-state index contributed by atoms with van der Waals surface area (Å²) < 4.78 is 13.5. The van der Waals surface area contributed by atoms with E-state index >= 15 is 0 Å². The Labute approximate surface area is 141 Å². The van der Waals surface area contributed by atoms with Gasteiger partial charge in [-0.15, -0.1) is 0 Å². The summed E-state index contributed by atoms with van der Waals surface area (Å²) in [5.74, 6) is 0.318. The van der Waals surface area contributed by atoms with Gasteiger partial charge in [0, 0.05) is 23.4 Å². The van der Waals surface area contributed by atoms with Gasteiger partial charge in [0.1, 0.15) is 5.60 Å². The zero-order chi connectivity index (χ0) is 15.5. The van der Waals surface area contributed by atoms with Gasteiger partial charge in [-0.1, -0.05) is 36.1 Å². The van der Waals surface area contributed by atoms with Crippen molar-refractivity contribution in [3.05, 3.63) is 12.3 Å². The average molecular weight is 410 g/mol. The zero-order valence-electron chi connectivity index (χ0n) is 12.8. The van der Waals surface area contributed by atoms with Gasteiger partial charge in [-0.3, -0.25) is 0 Å². The summed E-state index contributed by atoms with van der Waals surface area (Å²) in [6.07, 6.45) is 6.01. The summed E-state index contributed by atoms with van der Waals surface area (Å²) in [6, 6.07) is 0. The molecule has 2 N–H and O–H groups in total. The van der Waals surface area contributed by atoms with Gasteiger partial charge < -0.3 is 19.7 Å². The number of hydrogen-bond acceptors (Lipinski definition) is 4. The monoisotopic (exact) mass is 410 g/mol. The Kier molecular flexibility index (Phi) is 6.35. The van der Waals surface area contributed by atoms with Crippen molar-refractivity contribution in [2.45, 2.75) is 69.4 Å². The van der Waals surface area contributed by atoms with E-state index in [9.17, 15) is 5.11 Å². The third-order valence-corrected chi connectivity index (χ3v) is 6.06. The van der Waals surface area contributed by atoms with Gasteiger partial charge in [0.2, 0.25) is 0 Å². The van der Waals surface area contributed by atoms with Crippen LogP contribution in [0.1, 0.15) is 45.4 Å². The van der Waals surface area contributed by atoms with Crippen LogP contribution in [0.5, 0.6) is 0 Å². The second-order valence-electron chi connectivity index (χ2n) is 6.46. The number of alkyl halides is 1. The molecular weight excluding hydrogens is 383 g/mol. The Morgan fingerprint density at radius 2 is 2.19 bits per heavy atom. The lowest BCUT2D eigenvalue weighted by Crippen LogP contribution is -2.50. The van der Waals surface area contributed by atoms with Crippen molar-refractivity contribution in [2.24, 2.45) is 5.92 Å². The molecule has 0 aromatic heterocycles. The van der Waals surface area contributed by atoms with Crippen molar-refractivity contribution in [1.82, 2.24) is 0 Å². The fourth-order valence-corrected chi connectivity index (χ4v) is 4.44. The van der Waals surface area contributed by atoms with Gasteiger partial charge in [-0.05, 0) is 32.1 Å². The van der Waals surface area contributed by atoms with Crippen LogP contribution in [-0.2, 0) is 9.47 Å². The van der Waals surface area contributed by atoms with Crippen LogP contribution >= 0.6 is 22.6 Å². The fourth-order valence-electron chi connectivity index (χ4n) is 3.46. The molecule has 5 heteroatoms. The lowest BCUT2D eigenvalue weighted by Gasteiger charge is -2.41. The summed E-state index contributed by atoms with van der Waals surface area (Å²) in [5, 5.41) is 18.5. The maximum Gasteiger partial charge on any atom is 0.106 e. The van der Waals surface area contributed by atoms with E-state index in [0.29, 0.717) is 0 Å². The molecule has 2 heterocycles. The van der Waals surface area contributed by atoms with Crippen LogP contribution in [0.25, 0.3) is 0 Å². The average Bonchev–Trinajstić information content (AvgIpc) is 2.83. The Bertz CT molecular complexity index is 362. The molecule has 5 atom stereocenters. The van der Waals surface area contributed by atoms with Crippen molar-refractivity contribution in [2.75, 3.05) is 11.0 Å². The molecule has 0 amide bonds. The molecule has 0 spiro atoms. The predicted molar refractivity (Wildman–Crippen MR) is 90.9 cm³/mol. The summed E-state index contributed by atoms with van der Waals surface area (Å²) in [6.45, 7) is 5.83. The van der Waals surface area contributed by atoms with Crippen LogP contribution in [-0.4, -0.2) is 45.2 Å². The van der Waals surface area contributed by atoms with Crippen LogP contribution in [0.2, 0.25) is 0 Å². The standard InChI is InChI=1S/C16H27IO4/c1-11(12(2)19)8-13-5-6-15-16(10-17,21-13)9-14(20-15)4-3-7-18/h11,13-15,18-19H,2-10H2,1H3/t11-,13?,14?,15+,16-/m1/s1. The molecule has 122 valence electrons. The van der Waals surface area contributed by atoms with E-state index in [4.69, 9.17) is 14.6 Å². The maximum atomic E-state index is 9.50. The minimum Gasteiger partial charge on any atom is -0.513 e. The molecule has 2 saturated heterocycles. The van der Waals surface area contributed by atoms with E-state index < -0.39 is 0 Å². The number of aliphatic hydroxyl groups is 2. The molecule has 2 aliphatic heterocycles. The molecule has 0 saturated carbocycles. The Balaban J connectivity index is 1.96. The van der Waals surface area contributed by atoms with E-state index in [1.807, 2.05) is 6.92 Å². The van der Waals surface area contributed by atoms with Crippen molar-refractivity contribution >= 4 is 22.6 Å². The first-order valence-electron chi connectivity index (χ1n) is 7.88. The number of halogens is 1. The second kappa shape index (κ2) is 7.62. The van der Waals surface area contributed by atoms with Gasteiger partial charge >= 0.3 is 0 Å². The molecule has 4 nitrogen and oxygen atoms in total. The van der Waals surface area contributed by atoms with Crippen LogP contribution in [0, 0.1) is 5.92 Å². The number of allylic oxidation sites excluding steroid dienone is 1. The molecule has 21 heavy (non-hydrogen) atoms. The summed E-state index contributed by atoms with van der Waals surface area (Å²) >= 11 is 2.40.